The van der Waals surface area contributed by atoms with Gasteiger partial charge in [-0.3, -0.25) is 4.79 Å². The van der Waals surface area contributed by atoms with Gasteiger partial charge in [-0.15, -0.1) is 0 Å². The summed E-state index contributed by atoms with van der Waals surface area (Å²) in [6.45, 7) is 4.26. The summed E-state index contributed by atoms with van der Waals surface area (Å²) in [5, 5.41) is 3.07. The van der Waals surface area contributed by atoms with Crippen LogP contribution in [0.4, 0.5) is 0 Å². The van der Waals surface area contributed by atoms with Crippen LogP contribution in [0.5, 0.6) is 0 Å². The standard InChI is InChI=1S/C14H29N3O/c1-15-9-4-7-14(18)17(3)11-8-13-6-5-10-16(2)12-13/h13,15H,4-12H2,1-3H3. The van der Waals surface area contributed by atoms with Crippen molar-refractivity contribution >= 4 is 5.91 Å². The molecule has 0 spiro atoms. The fourth-order valence-electron chi connectivity index (χ4n) is 2.62. The first-order valence-corrected chi connectivity index (χ1v) is 7.20. The lowest BCUT2D eigenvalue weighted by molar-refractivity contribution is -0.130. The largest absolute Gasteiger partial charge is 0.346 e. The number of likely N-dealkylation sites (tertiary alicyclic amines) is 1. The van der Waals surface area contributed by atoms with Crippen LogP contribution in [0.3, 0.4) is 0 Å². The van der Waals surface area contributed by atoms with E-state index in [1.807, 2.05) is 19.0 Å². The molecule has 0 bridgehead atoms. The van der Waals surface area contributed by atoms with Gasteiger partial charge in [0, 0.05) is 26.6 Å². The van der Waals surface area contributed by atoms with Crippen LogP contribution < -0.4 is 5.32 Å². The van der Waals surface area contributed by atoms with E-state index in [9.17, 15) is 4.79 Å². The first kappa shape index (κ1) is 15.4. The molecule has 1 fully saturated rings. The molecule has 0 aliphatic carbocycles. The predicted octanol–water partition coefficient (Wildman–Crippen LogP) is 1.18. The van der Waals surface area contributed by atoms with Gasteiger partial charge in [-0.1, -0.05) is 0 Å². The average Bonchev–Trinajstić information content (AvgIpc) is 2.36. The topological polar surface area (TPSA) is 35.6 Å². The van der Waals surface area contributed by atoms with E-state index in [1.165, 1.54) is 25.9 Å². The van der Waals surface area contributed by atoms with Crippen molar-refractivity contribution < 1.29 is 4.79 Å². The number of amides is 1. The Kier molecular flexibility index (Phi) is 7.28. The molecule has 1 aliphatic rings. The Morgan fingerprint density at radius 1 is 1.50 bits per heavy atom. The maximum Gasteiger partial charge on any atom is 0.222 e. The molecule has 1 atom stereocenters. The lowest BCUT2D eigenvalue weighted by atomic mass is 9.95. The molecule has 0 aromatic heterocycles. The van der Waals surface area contributed by atoms with E-state index in [1.54, 1.807) is 0 Å². The zero-order valence-electron chi connectivity index (χ0n) is 12.2. The molecule has 1 saturated heterocycles. The number of carbonyl (C=O) groups is 1. The van der Waals surface area contributed by atoms with E-state index in [0.717, 1.165) is 31.8 Å². The van der Waals surface area contributed by atoms with Crippen molar-refractivity contribution in [2.24, 2.45) is 5.92 Å². The van der Waals surface area contributed by atoms with Crippen LogP contribution in [-0.4, -0.2) is 63.0 Å². The third-order valence-electron chi connectivity index (χ3n) is 3.84. The average molecular weight is 255 g/mol. The SMILES string of the molecule is CNCCCC(=O)N(C)CCC1CCCN(C)C1. The lowest BCUT2D eigenvalue weighted by Gasteiger charge is -2.30. The first-order valence-electron chi connectivity index (χ1n) is 7.20. The van der Waals surface area contributed by atoms with Gasteiger partial charge in [0.15, 0.2) is 0 Å². The molecule has 106 valence electrons. The van der Waals surface area contributed by atoms with Gasteiger partial charge in [0.1, 0.15) is 0 Å². The summed E-state index contributed by atoms with van der Waals surface area (Å²) < 4.78 is 0. The summed E-state index contributed by atoms with van der Waals surface area (Å²) in [5.74, 6) is 1.06. The number of hydrogen-bond donors (Lipinski definition) is 1. The van der Waals surface area contributed by atoms with E-state index in [4.69, 9.17) is 0 Å². The van der Waals surface area contributed by atoms with Gasteiger partial charge in [0.05, 0.1) is 0 Å². The summed E-state index contributed by atoms with van der Waals surface area (Å²) in [4.78, 5) is 16.2. The van der Waals surface area contributed by atoms with Crippen molar-refractivity contribution in [2.45, 2.75) is 32.1 Å². The van der Waals surface area contributed by atoms with E-state index in [0.29, 0.717) is 6.42 Å². The first-order chi connectivity index (χ1) is 8.63. The second-order valence-electron chi connectivity index (χ2n) is 5.58. The smallest absolute Gasteiger partial charge is 0.222 e. The number of hydrogen-bond acceptors (Lipinski definition) is 3. The van der Waals surface area contributed by atoms with Crippen LogP contribution >= 0.6 is 0 Å². The third-order valence-corrected chi connectivity index (χ3v) is 3.84. The Balaban J connectivity index is 2.15. The van der Waals surface area contributed by atoms with Crippen LogP contribution in [-0.2, 0) is 4.79 Å². The minimum absolute atomic E-state index is 0.286. The molecule has 1 rings (SSSR count). The van der Waals surface area contributed by atoms with Crippen molar-refractivity contribution in [1.29, 1.82) is 0 Å². The van der Waals surface area contributed by atoms with Crippen LogP contribution in [0, 0.1) is 5.92 Å². The van der Waals surface area contributed by atoms with E-state index < -0.39 is 0 Å². The fourth-order valence-corrected chi connectivity index (χ4v) is 2.62. The molecule has 1 heterocycles. The highest BCUT2D eigenvalue weighted by Crippen LogP contribution is 2.18. The monoisotopic (exact) mass is 255 g/mol. The number of rotatable bonds is 7. The van der Waals surface area contributed by atoms with Crippen molar-refractivity contribution in [2.75, 3.05) is 47.3 Å². The molecular weight excluding hydrogens is 226 g/mol. The quantitative estimate of drug-likeness (QED) is 0.694. The van der Waals surface area contributed by atoms with Gasteiger partial charge in [0.2, 0.25) is 5.91 Å². The van der Waals surface area contributed by atoms with Gasteiger partial charge < -0.3 is 15.1 Å². The lowest BCUT2D eigenvalue weighted by Crippen LogP contribution is -2.35. The Hall–Kier alpha value is -0.610. The third kappa shape index (κ3) is 5.83. The molecule has 0 radical (unpaired) electrons. The van der Waals surface area contributed by atoms with E-state index in [2.05, 4.69) is 17.3 Å². The van der Waals surface area contributed by atoms with Crippen molar-refractivity contribution in [3.63, 3.8) is 0 Å². The molecule has 1 aliphatic heterocycles. The van der Waals surface area contributed by atoms with Crippen molar-refractivity contribution in [3.8, 4) is 0 Å². The maximum absolute atomic E-state index is 11.8. The van der Waals surface area contributed by atoms with Crippen LogP contribution in [0.25, 0.3) is 0 Å². The number of nitrogens with one attached hydrogen (secondary N) is 1. The second kappa shape index (κ2) is 8.48. The molecule has 1 N–H and O–H groups in total. The fraction of sp³-hybridized carbons (Fsp3) is 0.929. The Labute approximate surface area is 112 Å². The van der Waals surface area contributed by atoms with Gasteiger partial charge in [-0.25, -0.2) is 0 Å². The number of piperidine rings is 1. The second-order valence-corrected chi connectivity index (χ2v) is 5.58. The zero-order chi connectivity index (χ0) is 13.4. The molecule has 4 nitrogen and oxygen atoms in total. The van der Waals surface area contributed by atoms with E-state index >= 15 is 0 Å². The van der Waals surface area contributed by atoms with Crippen LogP contribution in [0.1, 0.15) is 32.1 Å². The van der Waals surface area contributed by atoms with Gasteiger partial charge in [-0.2, -0.15) is 0 Å². The molecule has 18 heavy (non-hydrogen) atoms. The number of nitrogens with zero attached hydrogens (tertiary/aromatic N) is 2. The zero-order valence-corrected chi connectivity index (χ0v) is 12.2. The Morgan fingerprint density at radius 3 is 2.94 bits per heavy atom. The molecule has 0 aromatic rings. The maximum atomic E-state index is 11.8. The Bertz CT molecular complexity index is 245. The summed E-state index contributed by atoms with van der Waals surface area (Å²) >= 11 is 0. The molecular formula is C14H29N3O. The molecule has 1 amide bonds. The summed E-state index contributed by atoms with van der Waals surface area (Å²) in [7, 11) is 6.06. The van der Waals surface area contributed by atoms with Crippen molar-refractivity contribution in [3.05, 3.63) is 0 Å². The molecule has 4 heteroatoms. The highest BCUT2D eigenvalue weighted by molar-refractivity contribution is 5.75. The minimum atomic E-state index is 0.286. The van der Waals surface area contributed by atoms with Gasteiger partial charge >= 0.3 is 0 Å². The highest BCUT2D eigenvalue weighted by Gasteiger charge is 2.18. The predicted molar refractivity (Wildman–Crippen MR) is 75.6 cm³/mol. The summed E-state index contributed by atoms with van der Waals surface area (Å²) in [5.41, 5.74) is 0. The highest BCUT2D eigenvalue weighted by atomic mass is 16.2. The Morgan fingerprint density at radius 2 is 2.28 bits per heavy atom. The molecule has 1 unspecified atom stereocenters. The minimum Gasteiger partial charge on any atom is -0.346 e. The van der Waals surface area contributed by atoms with Gasteiger partial charge in [0.25, 0.3) is 0 Å². The molecule has 0 saturated carbocycles. The van der Waals surface area contributed by atoms with E-state index in [-0.39, 0.29) is 5.91 Å². The van der Waals surface area contributed by atoms with Crippen LogP contribution in [0.2, 0.25) is 0 Å². The summed E-state index contributed by atoms with van der Waals surface area (Å²) in [6.07, 6.45) is 5.39. The molecule has 0 aromatic carbocycles. The van der Waals surface area contributed by atoms with Crippen molar-refractivity contribution in [1.82, 2.24) is 15.1 Å². The van der Waals surface area contributed by atoms with Gasteiger partial charge in [-0.05, 0) is 58.8 Å². The normalized spacial score (nSPS) is 20.9. The number of carbonyl (C=O) groups excluding carboxylic acids is 1. The summed E-state index contributed by atoms with van der Waals surface area (Å²) in [6, 6.07) is 0. The van der Waals surface area contributed by atoms with Crippen LogP contribution in [0.15, 0.2) is 0 Å².